The monoisotopic (exact) mass is 570 g/mol. The fourth-order valence-corrected chi connectivity index (χ4v) is 2.68. The Labute approximate surface area is 213 Å². The van der Waals surface area contributed by atoms with Gasteiger partial charge in [-0.2, -0.15) is 0 Å². The van der Waals surface area contributed by atoms with Crippen molar-refractivity contribution in [1.29, 1.82) is 0 Å². The lowest BCUT2D eigenvalue weighted by Gasteiger charge is -2.13. The number of amides is 1. The van der Waals surface area contributed by atoms with Crippen LogP contribution in [0.3, 0.4) is 0 Å². The molecule has 0 saturated heterocycles. The van der Waals surface area contributed by atoms with Crippen LogP contribution in [0.15, 0.2) is 53.5 Å². The van der Waals surface area contributed by atoms with E-state index in [2.05, 4.69) is 15.6 Å². The summed E-state index contributed by atoms with van der Waals surface area (Å²) in [6, 6.07) is 15.4. The number of nitrogens with zero attached hydrogens (tertiary/aromatic N) is 2. The lowest BCUT2D eigenvalue weighted by atomic mass is 10.2. The first-order chi connectivity index (χ1) is 15.5. The first kappa shape index (κ1) is 28.5. The van der Waals surface area contributed by atoms with Gasteiger partial charge in [0.05, 0.1) is 13.2 Å². The minimum Gasteiger partial charge on any atom is -0.493 e. The summed E-state index contributed by atoms with van der Waals surface area (Å²) in [5.41, 5.74) is 1.86. The summed E-state index contributed by atoms with van der Waals surface area (Å²) in [5, 5.41) is 6.56. The number of hydrogen-bond donors (Lipinski definition) is 2. The van der Waals surface area contributed by atoms with Crippen molar-refractivity contribution in [3.63, 3.8) is 0 Å². The Morgan fingerprint density at radius 3 is 2.45 bits per heavy atom. The second-order valence-electron chi connectivity index (χ2n) is 7.27. The van der Waals surface area contributed by atoms with Crippen molar-refractivity contribution in [2.24, 2.45) is 4.99 Å². The van der Waals surface area contributed by atoms with Crippen LogP contribution in [0.25, 0.3) is 0 Å². The van der Waals surface area contributed by atoms with Crippen molar-refractivity contribution in [2.45, 2.75) is 19.9 Å². The molecule has 0 aromatic heterocycles. The molecule has 0 bridgehead atoms. The normalized spacial score (nSPS) is 10.7. The molecule has 2 aromatic carbocycles. The van der Waals surface area contributed by atoms with Crippen molar-refractivity contribution in [2.75, 3.05) is 52.9 Å². The third kappa shape index (κ3) is 11.2. The number of likely N-dealkylation sites (N-methyl/N-ethyl adjacent to an activating group) is 1. The summed E-state index contributed by atoms with van der Waals surface area (Å²) in [7, 11) is 5.09. The topological polar surface area (TPSA) is 84.4 Å². The van der Waals surface area contributed by atoms with Crippen molar-refractivity contribution in [3.8, 4) is 11.5 Å². The van der Waals surface area contributed by atoms with Gasteiger partial charge < -0.3 is 29.7 Å². The number of nitrogens with one attached hydrogen (secondary N) is 2. The van der Waals surface area contributed by atoms with E-state index in [1.807, 2.05) is 55.5 Å². The zero-order valence-corrected chi connectivity index (χ0v) is 22.1. The van der Waals surface area contributed by atoms with E-state index in [-0.39, 0.29) is 36.5 Å². The van der Waals surface area contributed by atoms with Gasteiger partial charge in [0.2, 0.25) is 0 Å². The van der Waals surface area contributed by atoms with Crippen LogP contribution in [0.2, 0.25) is 0 Å². The predicted molar refractivity (Wildman–Crippen MR) is 143 cm³/mol. The van der Waals surface area contributed by atoms with E-state index < -0.39 is 0 Å². The molecule has 0 saturated carbocycles. The Morgan fingerprint density at radius 1 is 1.03 bits per heavy atom. The summed E-state index contributed by atoms with van der Waals surface area (Å²) in [6.07, 6.45) is 0.838. The van der Waals surface area contributed by atoms with Gasteiger partial charge in [0.25, 0.3) is 5.91 Å². The molecule has 1 amide bonds. The molecule has 0 radical (unpaired) electrons. The number of carbonyl (C=O) groups is 1. The maximum atomic E-state index is 11.7. The zero-order chi connectivity index (χ0) is 23.2. The van der Waals surface area contributed by atoms with Gasteiger partial charge in [0, 0.05) is 52.5 Å². The highest BCUT2D eigenvalue weighted by atomic mass is 127. The van der Waals surface area contributed by atoms with Crippen molar-refractivity contribution >= 4 is 41.5 Å². The average molecular weight is 570 g/mol. The maximum absolute atomic E-state index is 11.7. The number of guanidine groups is 1. The molecule has 182 valence electrons. The summed E-state index contributed by atoms with van der Waals surface area (Å²) in [6.45, 7) is 4.49. The highest BCUT2D eigenvalue weighted by Gasteiger charge is 2.06. The first-order valence-electron chi connectivity index (χ1n) is 10.7. The van der Waals surface area contributed by atoms with Crippen molar-refractivity contribution in [1.82, 2.24) is 10.2 Å². The molecule has 2 aromatic rings. The predicted octanol–water partition coefficient (Wildman–Crippen LogP) is 3.76. The van der Waals surface area contributed by atoms with Gasteiger partial charge in [-0.05, 0) is 36.8 Å². The van der Waals surface area contributed by atoms with E-state index in [9.17, 15) is 4.79 Å². The number of aliphatic imine (C=N–C) groups is 1. The summed E-state index contributed by atoms with van der Waals surface area (Å²) in [5.74, 6) is 2.01. The van der Waals surface area contributed by atoms with Gasteiger partial charge in [-0.25, -0.2) is 4.99 Å². The average Bonchev–Trinajstić information content (AvgIpc) is 2.79. The van der Waals surface area contributed by atoms with Crippen molar-refractivity contribution in [3.05, 3.63) is 54.1 Å². The van der Waals surface area contributed by atoms with Crippen LogP contribution in [-0.2, 0) is 16.1 Å². The molecular formula is C24H35IN4O4. The van der Waals surface area contributed by atoms with E-state index in [1.165, 1.54) is 4.90 Å². The summed E-state index contributed by atoms with van der Waals surface area (Å²) >= 11 is 0. The van der Waals surface area contributed by atoms with E-state index in [1.54, 1.807) is 21.2 Å². The fraction of sp³-hybridized carbons (Fsp3) is 0.417. The van der Waals surface area contributed by atoms with Gasteiger partial charge >= 0.3 is 0 Å². The Kier molecular flexibility index (Phi) is 13.9. The van der Waals surface area contributed by atoms with Crippen LogP contribution < -0.4 is 20.1 Å². The lowest BCUT2D eigenvalue weighted by molar-refractivity contribution is -0.130. The zero-order valence-electron chi connectivity index (χ0n) is 19.8. The van der Waals surface area contributed by atoms with E-state index >= 15 is 0 Å². The second kappa shape index (κ2) is 16.1. The molecule has 0 atom stereocenters. The van der Waals surface area contributed by atoms with Gasteiger partial charge in [0.15, 0.2) is 12.6 Å². The standard InChI is InChI=1S/C24H34N4O4.HI/c1-5-25-24(27-20-10-7-12-22(16-20)31-14-8-13-30-4)26-17-19-9-6-11-21(15-19)32-18-23(29)28(2)3;/h6-7,9-12,15-16H,5,8,13-14,17-18H2,1-4H3,(H2,25,26,27);1H. The van der Waals surface area contributed by atoms with Crippen LogP contribution in [-0.4, -0.2) is 64.3 Å². The molecule has 0 aliphatic heterocycles. The molecular weight excluding hydrogens is 535 g/mol. The molecule has 0 spiro atoms. The molecule has 0 fully saturated rings. The minimum absolute atomic E-state index is 0. The molecule has 0 unspecified atom stereocenters. The van der Waals surface area contributed by atoms with Gasteiger partial charge in [0.1, 0.15) is 11.5 Å². The minimum atomic E-state index is -0.0861. The van der Waals surface area contributed by atoms with Crippen LogP contribution in [0.5, 0.6) is 11.5 Å². The fourth-order valence-electron chi connectivity index (χ4n) is 2.68. The van der Waals surface area contributed by atoms with Gasteiger partial charge in [-0.3, -0.25) is 4.79 Å². The Morgan fingerprint density at radius 2 is 1.76 bits per heavy atom. The lowest BCUT2D eigenvalue weighted by Crippen LogP contribution is -2.30. The number of rotatable bonds is 12. The van der Waals surface area contributed by atoms with E-state index in [4.69, 9.17) is 14.2 Å². The number of benzene rings is 2. The quantitative estimate of drug-likeness (QED) is 0.175. The second-order valence-corrected chi connectivity index (χ2v) is 7.27. The third-order valence-corrected chi connectivity index (χ3v) is 4.38. The van der Waals surface area contributed by atoms with Crippen LogP contribution in [0.4, 0.5) is 5.69 Å². The molecule has 9 heteroatoms. The number of methoxy groups -OCH3 is 1. The molecule has 33 heavy (non-hydrogen) atoms. The molecule has 8 nitrogen and oxygen atoms in total. The van der Waals surface area contributed by atoms with E-state index in [0.717, 1.165) is 30.0 Å². The van der Waals surface area contributed by atoms with Gasteiger partial charge in [-0.15, -0.1) is 24.0 Å². The van der Waals surface area contributed by atoms with Crippen LogP contribution in [0, 0.1) is 0 Å². The maximum Gasteiger partial charge on any atom is 0.259 e. The third-order valence-electron chi connectivity index (χ3n) is 4.38. The number of hydrogen-bond acceptors (Lipinski definition) is 5. The number of carbonyl (C=O) groups excluding carboxylic acids is 1. The molecule has 0 heterocycles. The Balaban J connectivity index is 0.00000544. The summed E-state index contributed by atoms with van der Waals surface area (Å²) in [4.78, 5) is 17.9. The molecule has 2 N–H and O–H groups in total. The number of halogens is 1. The SMILES string of the molecule is CCNC(=NCc1cccc(OCC(=O)N(C)C)c1)Nc1cccc(OCCCOC)c1.I. The number of anilines is 1. The van der Waals surface area contributed by atoms with E-state index in [0.29, 0.717) is 31.5 Å². The highest BCUT2D eigenvalue weighted by Crippen LogP contribution is 2.18. The van der Waals surface area contributed by atoms with Crippen molar-refractivity contribution < 1.29 is 19.0 Å². The molecule has 0 aliphatic carbocycles. The highest BCUT2D eigenvalue weighted by molar-refractivity contribution is 14.0. The summed E-state index contributed by atoms with van der Waals surface area (Å²) < 4.78 is 16.4. The largest absolute Gasteiger partial charge is 0.493 e. The molecule has 0 aliphatic rings. The van der Waals surface area contributed by atoms with Crippen LogP contribution in [0.1, 0.15) is 18.9 Å². The number of ether oxygens (including phenoxy) is 3. The Hall–Kier alpha value is -2.53. The molecule has 2 rings (SSSR count). The first-order valence-corrected chi connectivity index (χ1v) is 10.7. The Bertz CT molecular complexity index is 877. The van der Waals surface area contributed by atoms with Gasteiger partial charge in [-0.1, -0.05) is 18.2 Å². The smallest absolute Gasteiger partial charge is 0.259 e. The van der Waals surface area contributed by atoms with Crippen LogP contribution >= 0.6 is 24.0 Å².